The SMILES string of the molecule is CCCCNC(=O)C(C)N1CCC(SC)(C(N)=S)CC1. The molecule has 0 aliphatic carbocycles. The number of thioether (sulfide) groups is 1. The molecule has 1 atom stereocenters. The van der Waals surface area contributed by atoms with Crippen molar-refractivity contribution in [3.8, 4) is 0 Å². The molecule has 1 heterocycles. The van der Waals surface area contributed by atoms with Crippen molar-refractivity contribution in [2.45, 2.75) is 50.3 Å². The summed E-state index contributed by atoms with van der Waals surface area (Å²) in [5, 5.41) is 3.00. The third-order valence-corrected chi connectivity index (χ3v) is 6.13. The van der Waals surface area contributed by atoms with E-state index in [1.165, 1.54) is 0 Å². The number of thiocarbonyl (C=S) groups is 1. The minimum atomic E-state index is -0.0791. The Hall–Kier alpha value is -0.330. The third kappa shape index (κ3) is 4.33. The maximum atomic E-state index is 12.1. The maximum absolute atomic E-state index is 12.1. The van der Waals surface area contributed by atoms with Crippen LogP contribution >= 0.6 is 24.0 Å². The van der Waals surface area contributed by atoms with Crippen LogP contribution in [-0.2, 0) is 4.79 Å². The van der Waals surface area contributed by atoms with Crippen LogP contribution in [0.2, 0.25) is 0 Å². The van der Waals surface area contributed by atoms with Crippen molar-refractivity contribution < 1.29 is 4.79 Å². The standard InChI is InChI=1S/C14H27N3OS2/c1-4-5-8-16-12(18)11(2)17-9-6-14(20-3,7-10-17)13(15)19/h11H,4-10H2,1-3H3,(H2,15,19)(H,16,18). The number of hydrogen-bond donors (Lipinski definition) is 2. The summed E-state index contributed by atoms with van der Waals surface area (Å²) in [5.74, 6) is 0.130. The predicted molar refractivity (Wildman–Crippen MR) is 91.2 cm³/mol. The van der Waals surface area contributed by atoms with Gasteiger partial charge in [-0.05, 0) is 32.4 Å². The fourth-order valence-corrected chi connectivity index (χ4v) is 3.77. The normalized spacial score (nSPS) is 20.4. The number of amides is 1. The van der Waals surface area contributed by atoms with Gasteiger partial charge in [0.2, 0.25) is 5.91 Å². The Morgan fingerprint density at radius 3 is 2.55 bits per heavy atom. The average molecular weight is 318 g/mol. The summed E-state index contributed by atoms with van der Waals surface area (Å²) in [4.78, 5) is 14.9. The molecular formula is C14H27N3OS2. The fraction of sp³-hybridized carbons (Fsp3) is 0.857. The lowest BCUT2D eigenvalue weighted by Gasteiger charge is -2.41. The first-order chi connectivity index (χ1) is 9.46. The van der Waals surface area contributed by atoms with Crippen LogP contribution in [0.3, 0.4) is 0 Å². The van der Waals surface area contributed by atoms with Crippen molar-refractivity contribution in [3.05, 3.63) is 0 Å². The number of unbranched alkanes of at least 4 members (excludes halogenated alkanes) is 1. The number of piperidine rings is 1. The number of carbonyl (C=O) groups excluding carboxylic acids is 1. The monoisotopic (exact) mass is 317 g/mol. The molecule has 1 aliphatic heterocycles. The lowest BCUT2D eigenvalue weighted by molar-refractivity contribution is -0.126. The molecule has 1 aliphatic rings. The summed E-state index contributed by atoms with van der Waals surface area (Å²) in [6.45, 7) is 6.63. The maximum Gasteiger partial charge on any atom is 0.237 e. The topological polar surface area (TPSA) is 58.4 Å². The van der Waals surface area contributed by atoms with Gasteiger partial charge in [-0.1, -0.05) is 25.6 Å². The third-order valence-electron chi connectivity index (χ3n) is 4.20. The summed E-state index contributed by atoms with van der Waals surface area (Å²) in [6, 6.07) is -0.0712. The lowest BCUT2D eigenvalue weighted by Crippen LogP contribution is -2.54. The van der Waals surface area contributed by atoms with E-state index in [4.69, 9.17) is 18.0 Å². The van der Waals surface area contributed by atoms with Gasteiger partial charge in [-0.15, -0.1) is 0 Å². The second-order valence-corrected chi connectivity index (χ2v) is 7.05. The first kappa shape index (κ1) is 17.7. The van der Waals surface area contributed by atoms with E-state index in [9.17, 15) is 4.79 Å². The van der Waals surface area contributed by atoms with Crippen molar-refractivity contribution in [2.24, 2.45) is 5.73 Å². The van der Waals surface area contributed by atoms with Crippen LogP contribution in [0, 0.1) is 0 Å². The molecule has 4 nitrogen and oxygen atoms in total. The van der Waals surface area contributed by atoms with Gasteiger partial charge in [0.1, 0.15) is 0 Å². The minimum Gasteiger partial charge on any atom is -0.392 e. The lowest BCUT2D eigenvalue weighted by atomic mass is 9.94. The molecule has 20 heavy (non-hydrogen) atoms. The number of rotatable bonds is 7. The van der Waals surface area contributed by atoms with Gasteiger partial charge in [0.25, 0.3) is 0 Å². The van der Waals surface area contributed by atoms with E-state index in [0.29, 0.717) is 4.99 Å². The fourth-order valence-electron chi connectivity index (χ4n) is 2.53. The number of hydrogen-bond acceptors (Lipinski definition) is 4. The van der Waals surface area contributed by atoms with Crippen molar-refractivity contribution >= 4 is 34.9 Å². The second-order valence-electron chi connectivity index (χ2n) is 5.42. The van der Waals surface area contributed by atoms with Gasteiger partial charge in [0.15, 0.2) is 0 Å². The molecule has 0 aromatic carbocycles. The average Bonchev–Trinajstić information content (AvgIpc) is 2.46. The molecule has 0 bridgehead atoms. The molecule has 0 saturated carbocycles. The van der Waals surface area contributed by atoms with E-state index < -0.39 is 0 Å². The molecule has 0 aromatic heterocycles. The zero-order valence-electron chi connectivity index (χ0n) is 12.8. The summed E-state index contributed by atoms with van der Waals surface area (Å²) >= 11 is 6.96. The highest BCUT2D eigenvalue weighted by Crippen LogP contribution is 2.35. The number of nitrogens with zero attached hydrogens (tertiary/aromatic N) is 1. The molecule has 0 spiro atoms. The largest absolute Gasteiger partial charge is 0.392 e. The van der Waals surface area contributed by atoms with Crippen LogP contribution in [0.1, 0.15) is 39.5 Å². The molecule has 1 rings (SSSR count). The zero-order chi connectivity index (χ0) is 15.2. The van der Waals surface area contributed by atoms with Crippen LogP contribution in [0.5, 0.6) is 0 Å². The van der Waals surface area contributed by atoms with Crippen molar-refractivity contribution in [1.29, 1.82) is 0 Å². The highest BCUT2D eigenvalue weighted by molar-refractivity contribution is 8.02. The first-order valence-corrected chi connectivity index (χ1v) is 8.97. The number of nitrogens with one attached hydrogen (secondary N) is 1. The molecule has 6 heteroatoms. The number of likely N-dealkylation sites (tertiary alicyclic amines) is 1. The van der Waals surface area contributed by atoms with Crippen molar-refractivity contribution in [3.63, 3.8) is 0 Å². The van der Waals surface area contributed by atoms with Gasteiger partial charge >= 0.3 is 0 Å². The van der Waals surface area contributed by atoms with Gasteiger partial charge < -0.3 is 11.1 Å². The van der Waals surface area contributed by atoms with Gasteiger partial charge in [0.05, 0.1) is 15.8 Å². The highest BCUT2D eigenvalue weighted by atomic mass is 32.2. The van der Waals surface area contributed by atoms with E-state index in [2.05, 4.69) is 23.4 Å². The van der Waals surface area contributed by atoms with E-state index >= 15 is 0 Å². The zero-order valence-corrected chi connectivity index (χ0v) is 14.4. The highest BCUT2D eigenvalue weighted by Gasteiger charge is 2.38. The molecule has 0 aromatic rings. The molecular weight excluding hydrogens is 290 g/mol. The quantitative estimate of drug-likeness (QED) is 0.554. The first-order valence-electron chi connectivity index (χ1n) is 7.33. The summed E-state index contributed by atoms with van der Waals surface area (Å²) in [6.07, 6.45) is 6.06. The van der Waals surface area contributed by atoms with E-state index in [1.54, 1.807) is 11.8 Å². The van der Waals surface area contributed by atoms with E-state index in [1.807, 2.05) is 6.92 Å². The molecule has 0 radical (unpaired) electrons. The van der Waals surface area contributed by atoms with E-state index in [0.717, 1.165) is 45.3 Å². The Bertz CT molecular complexity index is 341. The summed E-state index contributed by atoms with van der Waals surface area (Å²) < 4.78 is -0.0791. The van der Waals surface area contributed by atoms with Gasteiger partial charge in [0, 0.05) is 19.6 Å². The van der Waals surface area contributed by atoms with Gasteiger partial charge in [-0.25, -0.2) is 0 Å². The smallest absolute Gasteiger partial charge is 0.237 e. The van der Waals surface area contributed by atoms with Crippen LogP contribution in [-0.4, -0.2) is 52.5 Å². The van der Waals surface area contributed by atoms with Gasteiger partial charge in [-0.2, -0.15) is 11.8 Å². The van der Waals surface area contributed by atoms with Gasteiger partial charge in [-0.3, -0.25) is 9.69 Å². The predicted octanol–water partition coefficient (Wildman–Crippen LogP) is 1.77. The van der Waals surface area contributed by atoms with Crippen LogP contribution in [0.25, 0.3) is 0 Å². The second kappa shape index (κ2) is 8.20. The summed E-state index contributed by atoms with van der Waals surface area (Å²) in [5.41, 5.74) is 5.89. The number of carbonyl (C=O) groups is 1. The molecule has 1 amide bonds. The van der Waals surface area contributed by atoms with Crippen LogP contribution in [0.15, 0.2) is 0 Å². The van der Waals surface area contributed by atoms with E-state index in [-0.39, 0.29) is 16.7 Å². The number of nitrogens with two attached hydrogens (primary N) is 1. The Morgan fingerprint density at radius 1 is 1.50 bits per heavy atom. The Balaban J connectivity index is 2.48. The van der Waals surface area contributed by atoms with Crippen LogP contribution < -0.4 is 11.1 Å². The summed E-state index contributed by atoms with van der Waals surface area (Å²) in [7, 11) is 0. The Labute approximate surface area is 132 Å². The molecule has 116 valence electrons. The van der Waals surface area contributed by atoms with Crippen molar-refractivity contribution in [2.75, 3.05) is 25.9 Å². The molecule has 3 N–H and O–H groups in total. The van der Waals surface area contributed by atoms with Crippen molar-refractivity contribution in [1.82, 2.24) is 10.2 Å². The molecule has 1 fully saturated rings. The Morgan fingerprint density at radius 2 is 2.10 bits per heavy atom. The Kier molecular flexibility index (Phi) is 7.26. The molecule has 1 saturated heterocycles. The van der Waals surface area contributed by atoms with Crippen LogP contribution in [0.4, 0.5) is 0 Å². The minimum absolute atomic E-state index is 0.0712. The molecule has 1 unspecified atom stereocenters.